The lowest BCUT2D eigenvalue weighted by Crippen LogP contribution is -2.46. The summed E-state index contributed by atoms with van der Waals surface area (Å²) in [5.41, 5.74) is 0. The third-order valence-electron chi connectivity index (χ3n) is 9.70. The predicted molar refractivity (Wildman–Crippen MR) is 222 cm³/mol. The van der Waals surface area contributed by atoms with E-state index < -0.39 is 18.2 Å². The zero-order chi connectivity index (χ0) is 38.2. The van der Waals surface area contributed by atoms with Crippen LogP contribution in [-0.2, 0) is 14.3 Å². The predicted octanol–water partition coefficient (Wildman–Crippen LogP) is 12.3. The average Bonchev–Trinajstić information content (AvgIpc) is 3.13. The van der Waals surface area contributed by atoms with Crippen molar-refractivity contribution in [1.29, 1.82) is 0 Å². The number of carbonyl (C=O) groups excluding carboxylic acids is 2. The van der Waals surface area contributed by atoms with Gasteiger partial charge in [-0.1, -0.05) is 172 Å². The molecule has 0 spiro atoms. The smallest absolute Gasteiger partial charge is 0.306 e. The van der Waals surface area contributed by atoms with Gasteiger partial charge in [0.05, 0.1) is 25.2 Å². The van der Waals surface area contributed by atoms with Crippen LogP contribution in [0.2, 0.25) is 0 Å². The van der Waals surface area contributed by atoms with Gasteiger partial charge in [0.15, 0.2) is 0 Å². The molecule has 0 aromatic carbocycles. The quantitative estimate of drug-likeness (QED) is 0.0254. The Hall–Kier alpha value is -2.18. The van der Waals surface area contributed by atoms with E-state index in [0.717, 1.165) is 77.0 Å². The van der Waals surface area contributed by atoms with Gasteiger partial charge in [0.25, 0.3) is 0 Å². The van der Waals surface area contributed by atoms with E-state index in [1.807, 2.05) is 12.2 Å². The number of hydrogen-bond acceptors (Lipinski definition) is 5. The molecule has 0 aromatic heterocycles. The molecule has 6 heteroatoms. The second kappa shape index (κ2) is 40.0. The van der Waals surface area contributed by atoms with Crippen LogP contribution in [0.4, 0.5) is 0 Å². The van der Waals surface area contributed by atoms with E-state index in [1.54, 1.807) is 0 Å². The third kappa shape index (κ3) is 34.9. The summed E-state index contributed by atoms with van der Waals surface area (Å²) in [5.74, 6) is -0.524. The molecule has 3 unspecified atom stereocenters. The third-order valence-corrected chi connectivity index (χ3v) is 9.70. The van der Waals surface area contributed by atoms with E-state index in [2.05, 4.69) is 62.5 Å². The Morgan fingerprint density at radius 1 is 0.577 bits per heavy atom. The molecule has 0 aliphatic carbocycles. The Kier molecular flexibility index (Phi) is 38.3. The summed E-state index contributed by atoms with van der Waals surface area (Å²) < 4.78 is 5.86. The van der Waals surface area contributed by atoms with Gasteiger partial charge in [0.2, 0.25) is 5.91 Å². The summed E-state index contributed by atoms with van der Waals surface area (Å²) in [6, 6.07) is -0.711. The Bertz CT molecular complexity index is 910. The molecule has 0 fully saturated rings. The second-order valence-corrected chi connectivity index (χ2v) is 14.8. The van der Waals surface area contributed by atoms with E-state index in [0.29, 0.717) is 19.3 Å². The number of aliphatic hydroxyl groups excluding tert-OH is 2. The first kappa shape index (κ1) is 49.8. The van der Waals surface area contributed by atoms with Crippen molar-refractivity contribution < 1.29 is 24.5 Å². The maximum absolute atomic E-state index is 13.1. The van der Waals surface area contributed by atoms with E-state index >= 15 is 0 Å². The molecule has 0 aliphatic heterocycles. The van der Waals surface area contributed by atoms with Crippen LogP contribution in [0, 0.1) is 0 Å². The van der Waals surface area contributed by atoms with Gasteiger partial charge in [-0.05, 0) is 70.6 Å². The van der Waals surface area contributed by atoms with Gasteiger partial charge in [-0.15, -0.1) is 0 Å². The van der Waals surface area contributed by atoms with Crippen molar-refractivity contribution in [1.82, 2.24) is 5.32 Å². The first-order valence-electron chi connectivity index (χ1n) is 21.9. The number of ether oxygens (including phenoxy) is 1. The fourth-order valence-electron chi connectivity index (χ4n) is 6.36. The number of unbranched alkanes of at least 4 members (excludes halogenated alkanes) is 20. The van der Waals surface area contributed by atoms with Crippen LogP contribution in [0.5, 0.6) is 0 Å². The SMILES string of the molecule is CC/C=C/C=C/C=C\CCCCCC(CC(=O)NC(CO)C(O)CCCCCCCCCCCC)OC(=O)CCCCCCC/C=C\CCCCC. The fourth-order valence-corrected chi connectivity index (χ4v) is 6.36. The van der Waals surface area contributed by atoms with Gasteiger partial charge in [-0.2, -0.15) is 0 Å². The molecule has 3 N–H and O–H groups in total. The molecular weight excluding hydrogens is 647 g/mol. The monoisotopic (exact) mass is 730 g/mol. The maximum Gasteiger partial charge on any atom is 0.306 e. The summed E-state index contributed by atoms with van der Waals surface area (Å²) in [6.45, 7) is 6.28. The standard InChI is InChI=1S/C46H83NO5/c1-4-7-10-13-16-19-22-24-27-30-33-36-39-46(51)52-42(37-34-31-28-25-23-20-17-14-11-8-5-2)40-45(50)47-43(41-48)44(49)38-35-32-29-26-21-18-15-12-9-6-3/h8,11,14,16-17,19-20,23,42-44,48-49H,4-7,9-10,12-13,15,18,21-22,24-41H2,1-3H3,(H,47,50)/b11-8+,17-14+,19-16-,23-20-. The van der Waals surface area contributed by atoms with Crippen molar-refractivity contribution in [3.05, 3.63) is 48.6 Å². The topological polar surface area (TPSA) is 95.9 Å². The highest BCUT2D eigenvalue weighted by molar-refractivity contribution is 5.77. The van der Waals surface area contributed by atoms with Crippen molar-refractivity contribution in [2.45, 2.75) is 225 Å². The number of rotatable bonds is 38. The molecule has 0 aliphatic rings. The van der Waals surface area contributed by atoms with Gasteiger partial charge in [-0.25, -0.2) is 0 Å². The van der Waals surface area contributed by atoms with Crippen LogP contribution in [0.25, 0.3) is 0 Å². The number of aliphatic hydroxyl groups is 2. The minimum absolute atomic E-state index is 0.0507. The summed E-state index contributed by atoms with van der Waals surface area (Å²) in [5, 5.41) is 23.5. The highest BCUT2D eigenvalue weighted by Crippen LogP contribution is 2.17. The minimum atomic E-state index is -0.795. The number of allylic oxidation sites excluding steroid dienone is 8. The highest BCUT2D eigenvalue weighted by atomic mass is 16.5. The van der Waals surface area contributed by atoms with Crippen LogP contribution in [0.1, 0.15) is 207 Å². The summed E-state index contributed by atoms with van der Waals surface area (Å²) in [7, 11) is 0. The molecule has 0 heterocycles. The zero-order valence-electron chi connectivity index (χ0n) is 34.2. The van der Waals surface area contributed by atoms with Crippen molar-refractivity contribution >= 4 is 11.9 Å². The Labute approximate surface area is 321 Å². The Morgan fingerprint density at radius 2 is 1.06 bits per heavy atom. The molecule has 0 saturated heterocycles. The van der Waals surface area contributed by atoms with Crippen molar-refractivity contribution in [3.63, 3.8) is 0 Å². The van der Waals surface area contributed by atoms with Crippen molar-refractivity contribution in [2.75, 3.05) is 6.61 Å². The average molecular weight is 730 g/mol. The van der Waals surface area contributed by atoms with Crippen LogP contribution in [-0.4, -0.2) is 46.9 Å². The van der Waals surface area contributed by atoms with Crippen LogP contribution in [0.3, 0.4) is 0 Å². The molecule has 302 valence electrons. The molecule has 6 nitrogen and oxygen atoms in total. The molecular formula is C46H83NO5. The number of amides is 1. The van der Waals surface area contributed by atoms with Crippen LogP contribution < -0.4 is 5.32 Å². The van der Waals surface area contributed by atoms with Crippen LogP contribution in [0.15, 0.2) is 48.6 Å². The maximum atomic E-state index is 13.1. The number of nitrogens with one attached hydrogen (secondary N) is 1. The highest BCUT2D eigenvalue weighted by Gasteiger charge is 2.24. The molecule has 1 amide bonds. The lowest BCUT2D eigenvalue weighted by molar-refractivity contribution is -0.151. The number of hydrogen-bond donors (Lipinski definition) is 3. The van der Waals surface area contributed by atoms with E-state index in [9.17, 15) is 19.8 Å². The fraction of sp³-hybridized carbons (Fsp3) is 0.783. The van der Waals surface area contributed by atoms with E-state index in [1.165, 1.54) is 83.5 Å². The lowest BCUT2D eigenvalue weighted by atomic mass is 10.0. The largest absolute Gasteiger partial charge is 0.462 e. The first-order valence-corrected chi connectivity index (χ1v) is 21.9. The molecule has 0 radical (unpaired) electrons. The first-order chi connectivity index (χ1) is 25.5. The van der Waals surface area contributed by atoms with Gasteiger partial charge in [-0.3, -0.25) is 9.59 Å². The van der Waals surface area contributed by atoms with E-state index in [-0.39, 0.29) is 24.9 Å². The van der Waals surface area contributed by atoms with Gasteiger partial charge in [0, 0.05) is 6.42 Å². The molecule has 0 bridgehead atoms. The molecule has 3 atom stereocenters. The summed E-state index contributed by atoms with van der Waals surface area (Å²) in [6.07, 6.45) is 46.0. The zero-order valence-corrected chi connectivity index (χ0v) is 34.2. The number of carbonyl (C=O) groups is 2. The molecule has 52 heavy (non-hydrogen) atoms. The number of esters is 1. The molecule has 0 rings (SSSR count). The second-order valence-electron chi connectivity index (χ2n) is 14.8. The van der Waals surface area contributed by atoms with Gasteiger partial charge >= 0.3 is 5.97 Å². The molecule has 0 aromatic rings. The van der Waals surface area contributed by atoms with Crippen LogP contribution >= 0.6 is 0 Å². The molecule has 0 saturated carbocycles. The van der Waals surface area contributed by atoms with Crippen molar-refractivity contribution in [2.24, 2.45) is 0 Å². The lowest BCUT2D eigenvalue weighted by Gasteiger charge is -2.24. The Balaban J connectivity index is 4.66. The summed E-state index contributed by atoms with van der Waals surface area (Å²) >= 11 is 0. The van der Waals surface area contributed by atoms with Gasteiger partial charge in [0.1, 0.15) is 6.10 Å². The Morgan fingerprint density at radius 3 is 1.67 bits per heavy atom. The van der Waals surface area contributed by atoms with E-state index in [4.69, 9.17) is 4.74 Å². The summed E-state index contributed by atoms with van der Waals surface area (Å²) in [4.78, 5) is 25.9. The van der Waals surface area contributed by atoms with Gasteiger partial charge < -0.3 is 20.3 Å². The minimum Gasteiger partial charge on any atom is -0.462 e. The normalized spacial score (nSPS) is 13.9. The van der Waals surface area contributed by atoms with Crippen molar-refractivity contribution in [3.8, 4) is 0 Å².